The van der Waals surface area contributed by atoms with Gasteiger partial charge in [-0.05, 0) is 18.7 Å². The molecule has 2 rings (SSSR count). The van der Waals surface area contributed by atoms with Gasteiger partial charge < -0.3 is 5.32 Å². The van der Waals surface area contributed by atoms with Crippen LogP contribution in [0.2, 0.25) is 10.0 Å². The van der Waals surface area contributed by atoms with E-state index in [4.69, 9.17) is 28.2 Å². The second-order valence-corrected chi connectivity index (χ2v) is 7.85. The van der Waals surface area contributed by atoms with Crippen molar-refractivity contribution >= 4 is 34.5 Å². The van der Waals surface area contributed by atoms with E-state index in [0.29, 0.717) is 10.0 Å². The van der Waals surface area contributed by atoms with Gasteiger partial charge in [0.05, 0.1) is 15.7 Å². The maximum absolute atomic E-state index is 6.12. The fraction of sp³-hybridized carbons (Fsp3) is 0.438. The summed E-state index contributed by atoms with van der Waals surface area (Å²) in [5.74, 6) is 0. The first-order chi connectivity index (χ1) is 9.82. The summed E-state index contributed by atoms with van der Waals surface area (Å²) in [5, 5.41) is 5.51. The van der Waals surface area contributed by atoms with Crippen LogP contribution in [0.25, 0.3) is 10.6 Å². The van der Waals surface area contributed by atoms with Crippen LogP contribution >= 0.6 is 34.5 Å². The van der Waals surface area contributed by atoms with Crippen LogP contribution in [0.15, 0.2) is 18.2 Å². The lowest BCUT2D eigenvalue weighted by Gasteiger charge is -2.17. The Labute approximate surface area is 140 Å². The van der Waals surface area contributed by atoms with Crippen molar-refractivity contribution in [2.24, 2.45) is 0 Å². The smallest absolute Gasteiger partial charge is 0.123 e. The van der Waals surface area contributed by atoms with Crippen LogP contribution in [-0.4, -0.2) is 11.5 Å². The first-order valence-corrected chi connectivity index (χ1v) is 8.56. The molecular weight excluding hydrogens is 323 g/mol. The van der Waals surface area contributed by atoms with Crippen molar-refractivity contribution in [3.05, 3.63) is 38.8 Å². The molecule has 1 aromatic carbocycles. The molecule has 1 heterocycles. The second-order valence-electron chi connectivity index (χ2n) is 5.95. The summed E-state index contributed by atoms with van der Waals surface area (Å²) >= 11 is 13.8. The topological polar surface area (TPSA) is 24.9 Å². The van der Waals surface area contributed by atoms with Crippen molar-refractivity contribution in [2.75, 3.05) is 6.54 Å². The minimum absolute atomic E-state index is 0.0235. The number of benzene rings is 1. The highest BCUT2D eigenvalue weighted by atomic mass is 35.5. The largest absolute Gasteiger partial charge is 0.312 e. The summed E-state index contributed by atoms with van der Waals surface area (Å²) in [7, 11) is 0. The van der Waals surface area contributed by atoms with Gasteiger partial charge in [0, 0.05) is 22.4 Å². The Hall–Kier alpha value is -0.610. The highest BCUT2D eigenvalue weighted by Crippen LogP contribution is 2.36. The Balaban J connectivity index is 2.45. The molecule has 0 amide bonds. The van der Waals surface area contributed by atoms with Crippen molar-refractivity contribution in [3.8, 4) is 10.6 Å². The van der Waals surface area contributed by atoms with Crippen molar-refractivity contribution in [1.82, 2.24) is 10.3 Å². The van der Waals surface area contributed by atoms with Crippen LogP contribution in [0, 0.1) is 0 Å². The first kappa shape index (κ1) is 16.8. The quantitative estimate of drug-likeness (QED) is 0.790. The van der Waals surface area contributed by atoms with Gasteiger partial charge in [-0.1, -0.05) is 57.0 Å². The van der Waals surface area contributed by atoms with Gasteiger partial charge in [0.1, 0.15) is 5.01 Å². The fourth-order valence-electron chi connectivity index (χ4n) is 2.05. The van der Waals surface area contributed by atoms with Gasteiger partial charge >= 0.3 is 0 Å². The maximum Gasteiger partial charge on any atom is 0.123 e. The van der Waals surface area contributed by atoms with Gasteiger partial charge in [0.2, 0.25) is 0 Å². The van der Waals surface area contributed by atoms with Gasteiger partial charge in [0.25, 0.3) is 0 Å². The molecule has 0 aliphatic carbocycles. The SMILES string of the molecule is CCNCc1sc(-c2ccc(Cl)c(Cl)c2)nc1C(C)(C)C. The third-order valence-electron chi connectivity index (χ3n) is 3.11. The number of nitrogens with one attached hydrogen (secondary N) is 1. The van der Waals surface area contributed by atoms with Crippen molar-refractivity contribution in [1.29, 1.82) is 0 Å². The van der Waals surface area contributed by atoms with Crippen molar-refractivity contribution < 1.29 is 0 Å². The second kappa shape index (κ2) is 6.66. The first-order valence-electron chi connectivity index (χ1n) is 6.99. The summed E-state index contributed by atoms with van der Waals surface area (Å²) in [5.41, 5.74) is 2.19. The van der Waals surface area contributed by atoms with E-state index in [1.807, 2.05) is 18.2 Å². The van der Waals surface area contributed by atoms with Crippen LogP contribution in [0.3, 0.4) is 0 Å². The fourth-order valence-corrected chi connectivity index (χ4v) is 3.58. The van der Waals surface area contributed by atoms with Crippen LogP contribution < -0.4 is 5.32 Å². The molecular formula is C16H20Cl2N2S. The zero-order chi connectivity index (χ0) is 15.6. The molecule has 1 N–H and O–H groups in total. The number of aromatic nitrogens is 1. The summed E-state index contributed by atoms with van der Waals surface area (Å²) in [6.45, 7) is 10.5. The molecule has 0 saturated carbocycles. The molecule has 0 atom stereocenters. The molecule has 5 heteroatoms. The van der Waals surface area contributed by atoms with E-state index >= 15 is 0 Å². The Morgan fingerprint density at radius 1 is 1.19 bits per heavy atom. The molecule has 114 valence electrons. The van der Waals surface area contributed by atoms with Crippen LogP contribution in [-0.2, 0) is 12.0 Å². The van der Waals surface area contributed by atoms with E-state index in [2.05, 4.69) is 33.0 Å². The van der Waals surface area contributed by atoms with Gasteiger partial charge in [0.15, 0.2) is 0 Å². The molecule has 0 radical (unpaired) electrons. The molecule has 0 aliphatic rings. The zero-order valence-corrected chi connectivity index (χ0v) is 15.1. The maximum atomic E-state index is 6.12. The lowest BCUT2D eigenvalue weighted by Crippen LogP contribution is -2.18. The van der Waals surface area contributed by atoms with Gasteiger partial charge in [-0.25, -0.2) is 4.98 Å². The van der Waals surface area contributed by atoms with E-state index in [-0.39, 0.29) is 5.41 Å². The minimum Gasteiger partial charge on any atom is -0.312 e. The lowest BCUT2D eigenvalue weighted by molar-refractivity contribution is 0.561. The van der Waals surface area contributed by atoms with Gasteiger partial charge in [-0.15, -0.1) is 11.3 Å². The van der Waals surface area contributed by atoms with Crippen molar-refractivity contribution in [3.63, 3.8) is 0 Å². The Morgan fingerprint density at radius 3 is 2.48 bits per heavy atom. The van der Waals surface area contributed by atoms with E-state index < -0.39 is 0 Å². The van der Waals surface area contributed by atoms with E-state index in [9.17, 15) is 0 Å². The summed E-state index contributed by atoms with van der Waals surface area (Å²) < 4.78 is 0. The van der Waals surface area contributed by atoms with Crippen molar-refractivity contribution in [2.45, 2.75) is 39.7 Å². The Morgan fingerprint density at radius 2 is 1.90 bits per heavy atom. The van der Waals surface area contributed by atoms with Crippen LogP contribution in [0.5, 0.6) is 0 Å². The van der Waals surface area contributed by atoms with E-state index in [1.165, 1.54) is 4.88 Å². The van der Waals surface area contributed by atoms with E-state index in [0.717, 1.165) is 29.4 Å². The predicted molar refractivity (Wildman–Crippen MR) is 93.7 cm³/mol. The Bertz CT molecular complexity index is 630. The highest BCUT2D eigenvalue weighted by molar-refractivity contribution is 7.15. The monoisotopic (exact) mass is 342 g/mol. The molecule has 0 spiro atoms. The molecule has 0 unspecified atom stereocenters. The number of hydrogen-bond donors (Lipinski definition) is 1. The Kier molecular flexibility index (Phi) is 5.31. The summed E-state index contributed by atoms with van der Waals surface area (Å²) in [4.78, 5) is 6.13. The van der Waals surface area contributed by atoms with Gasteiger partial charge in [-0.3, -0.25) is 0 Å². The molecule has 0 fully saturated rings. The number of halogens is 2. The predicted octanol–water partition coefficient (Wildman–Crippen LogP) is 5.52. The number of rotatable bonds is 4. The third kappa shape index (κ3) is 3.98. The standard InChI is InChI=1S/C16H20Cl2N2S/c1-5-19-9-13-14(16(2,3)4)20-15(21-13)10-6-7-11(17)12(18)8-10/h6-8,19H,5,9H2,1-4H3. The summed E-state index contributed by atoms with van der Waals surface area (Å²) in [6, 6.07) is 5.67. The molecule has 2 aromatic rings. The van der Waals surface area contributed by atoms with E-state index in [1.54, 1.807) is 11.3 Å². The minimum atomic E-state index is 0.0235. The summed E-state index contributed by atoms with van der Waals surface area (Å²) in [6.07, 6.45) is 0. The molecule has 1 aromatic heterocycles. The molecule has 0 aliphatic heterocycles. The van der Waals surface area contributed by atoms with Crippen LogP contribution in [0.4, 0.5) is 0 Å². The zero-order valence-electron chi connectivity index (χ0n) is 12.8. The lowest BCUT2D eigenvalue weighted by atomic mass is 9.91. The normalized spacial score (nSPS) is 11.9. The number of nitrogens with zero attached hydrogens (tertiary/aromatic N) is 1. The van der Waals surface area contributed by atoms with Crippen LogP contribution in [0.1, 0.15) is 38.3 Å². The highest BCUT2D eigenvalue weighted by Gasteiger charge is 2.23. The molecule has 2 nitrogen and oxygen atoms in total. The average Bonchev–Trinajstić information content (AvgIpc) is 2.83. The van der Waals surface area contributed by atoms with Gasteiger partial charge in [-0.2, -0.15) is 0 Å². The number of thiazole rings is 1. The molecule has 0 bridgehead atoms. The molecule has 21 heavy (non-hydrogen) atoms. The number of hydrogen-bond acceptors (Lipinski definition) is 3. The third-order valence-corrected chi connectivity index (χ3v) is 4.95. The molecule has 0 saturated heterocycles. The average molecular weight is 343 g/mol.